The molecule has 0 heterocycles. The van der Waals surface area contributed by atoms with E-state index in [1.165, 1.54) is 12.0 Å². The molecule has 0 aliphatic heterocycles. The van der Waals surface area contributed by atoms with Crippen molar-refractivity contribution in [2.45, 2.75) is 46.3 Å². The molecule has 1 N–H and O–H groups in total. The van der Waals surface area contributed by atoms with Gasteiger partial charge in [-0.3, -0.25) is 0 Å². The van der Waals surface area contributed by atoms with Crippen molar-refractivity contribution in [1.82, 2.24) is 5.32 Å². The molecule has 1 rings (SSSR count). The minimum Gasteiger partial charge on any atom is -0.374 e. The van der Waals surface area contributed by atoms with Crippen LogP contribution in [0.25, 0.3) is 0 Å². The zero-order chi connectivity index (χ0) is 14.1. The molecule has 0 aliphatic carbocycles. The normalized spacial score (nSPS) is 12.9. The minimum absolute atomic E-state index is 0.319. The van der Waals surface area contributed by atoms with Gasteiger partial charge in [-0.25, -0.2) is 0 Å². The first-order valence-electron chi connectivity index (χ1n) is 7.14. The van der Waals surface area contributed by atoms with Gasteiger partial charge in [0.15, 0.2) is 0 Å². The Labute approximate surface area is 126 Å². The highest BCUT2D eigenvalue weighted by Gasteiger charge is 2.03. The molecular weight excluding hydrogens is 302 g/mol. The molecule has 1 aromatic rings. The molecule has 1 atom stereocenters. The third kappa shape index (κ3) is 8.40. The molecule has 2 nitrogen and oxygen atoms in total. The van der Waals surface area contributed by atoms with Gasteiger partial charge in [-0.15, -0.1) is 0 Å². The van der Waals surface area contributed by atoms with Crippen LogP contribution in [0.2, 0.25) is 0 Å². The summed E-state index contributed by atoms with van der Waals surface area (Å²) < 4.78 is 6.97. The third-order valence-corrected chi connectivity index (χ3v) is 3.43. The second kappa shape index (κ2) is 9.51. The van der Waals surface area contributed by atoms with Gasteiger partial charge >= 0.3 is 0 Å². The number of hydrogen-bond acceptors (Lipinski definition) is 2. The Morgan fingerprint density at radius 1 is 1.26 bits per heavy atom. The average Bonchev–Trinajstić information content (AvgIpc) is 2.35. The maximum atomic E-state index is 5.86. The molecule has 0 aliphatic rings. The quantitative estimate of drug-likeness (QED) is 0.679. The van der Waals surface area contributed by atoms with E-state index in [4.69, 9.17) is 4.74 Å². The smallest absolute Gasteiger partial charge is 0.0720 e. The first-order chi connectivity index (χ1) is 9.08. The molecular formula is C16H26BrNO. The van der Waals surface area contributed by atoms with Crippen LogP contribution in [0.1, 0.15) is 39.2 Å². The molecule has 3 heteroatoms. The maximum Gasteiger partial charge on any atom is 0.0720 e. The first kappa shape index (κ1) is 16.7. The van der Waals surface area contributed by atoms with Crippen molar-refractivity contribution >= 4 is 15.9 Å². The van der Waals surface area contributed by atoms with Gasteiger partial charge < -0.3 is 10.1 Å². The number of rotatable bonds is 9. The summed E-state index contributed by atoms with van der Waals surface area (Å²) in [4.78, 5) is 0. The lowest BCUT2D eigenvalue weighted by molar-refractivity contribution is 0.0463. The number of nitrogens with one attached hydrogen (secondary N) is 1. The highest BCUT2D eigenvalue weighted by Crippen LogP contribution is 2.13. The van der Waals surface area contributed by atoms with Crippen LogP contribution in [0.5, 0.6) is 0 Å². The molecule has 0 radical (unpaired) electrons. The third-order valence-electron chi connectivity index (χ3n) is 2.94. The van der Waals surface area contributed by atoms with Gasteiger partial charge in [0.2, 0.25) is 0 Å². The van der Waals surface area contributed by atoms with Crippen LogP contribution in [0.15, 0.2) is 28.7 Å². The maximum absolute atomic E-state index is 5.86. The van der Waals surface area contributed by atoms with Crippen LogP contribution in [0.4, 0.5) is 0 Å². The van der Waals surface area contributed by atoms with E-state index in [1.54, 1.807) is 0 Å². The summed E-state index contributed by atoms with van der Waals surface area (Å²) in [6.45, 7) is 9.50. The molecule has 19 heavy (non-hydrogen) atoms. The summed E-state index contributed by atoms with van der Waals surface area (Å²) in [6.07, 6.45) is 2.60. The van der Waals surface area contributed by atoms with Crippen LogP contribution in [-0.4, -0.2) is 19.2 Å². The topological polar surface area (TPSA) is 21.3 Å². The molecule has 0 saturated heterocycles. The van der Waals surface area contributed by atoms with Crippen molar-refractivity contribution in [3.8, 4) is 0 Å². The van der Waals surface area contributed by atoms with Crippen molar-refractivity contribution < 1.29 is 4.74 Å². The Morgan fingerprint density at radius 2 is 2.05 bits per heavy atom. The van der Waals surface area contributed by atoms with Crippen molar-refractivity contribution in [1.29, 1.82) is 0 Å². The highest BCUT2D eigenvalue weighted by molar-refractivity contribution is 9.10. The minimum atomic E-state index is 0.319. The monoisotopic (exact) mass is 327 g/mol. The lowest BCUT2D eigenvalue weighted by Crippen LogP contribution is -2.21. The zero-order valence-electron chi connectivity index (χ0n) is 12.3. The van der Waals surface area contributed by atoms with Gasteiger partial charge in [-0.05, 0) is 56.5 Å². The zero-order valence-corrected chi connectivity index (χ0v) is 13.9. The summed E-state index contributed by atoms with van der Waals surface area (Å²) >= 11 is 3.48. The van der Waals surface area contributed by atoms with Crippen LogP contribution in [0, 0.1) is 5.92 Å². The Balaban J connectivity index is 2.09. The Hall–Kier alpha value is -0.380. The van der Waals surface area contributed by atoms with Gasteiger partial charge in [0.05, 0.1) is 12.7 Å². The second-order valence-electron chi connectivity index (χ2n) is 5.49. The summed E-state index contributed by atoms with van der Waals surface area (Å²) in [5, 5.41) is 3.46. The fraction of sp³-hybridized carbons (Fsp3) is 0.625. The molecule has 0 aromatic heterocycles. The van der Waals surface area contributed by atoms with Gasteiger partial charge in [-0.1, -0.05) is 41.9 Å². The molecule has 1 unspecified atom stereocenters. The molecule has 108 valence electrons. The van der Waals surface area contributed by atoms with Crippen molar-refractivity contribution in [2.24, 2.45) is 5.92 Å². The van der Waals surface area contributed by atoms with Crippen LogP contribution < -0.4 is 5.32 Å². The van der Waals surface area contributed by atoms with Gasteiger partial charge in [0, 0.05) is 4.47 Å². The SMILES string of the molecule is CC(C)CNCCCC(C)OCc1cccc(Br)c1. The van der Waals surface area contributed by atoms with Gasteiger partial charge in [0.25, 0.3) is 0 Å². The van der Waals surface area contributed by atoms with Crippen molar-refractivity contribution in [2.75, 3.05) is 13.1 Å². The summed E-state index contributed by atoms with van der Waals surface area (Å²) in [5.41, 5.74) is 1.22. The number of ether oxygens (including phenoxy) is 1. The van der Waals surface area contributed by atoms with E-state index in [0.29, 0.717) is 12.7 Å². The van der Waals surface area contributed by atoms with Crippen LogP contribution in [0.3, 0.4) is 0 Å². The van der Waals surface area contributed by atoms with Crippen molar-refractivity contribution in [3.05, 3.63) is 34.3 Å². The van der Waals surface area contributed by atoms with E-state index in [1.807, 2.05) is 12.1 Å². The molecule has 0 amide bonds. The van der Waals surface area contributed by atoms with E-state index in [-0.39, 0.29) is 0 Å². The number of halogens is 1. The molecule has 1 aromatic carbocycles. The fourth-order valence-corrected chi connectivity index (χ4v) is 2.30. The van der Waals surface area contributed by atoms with Crippen molar-refractivity contribution in [3.63, 3.8) is 0 Å². The largest absolute Gasteiger partial charge is 0.374 e. The second-order valence-corrected chi connectivity index (χ2v) is 6.41. The molecule has 0 saturated carbocycles. The van der Waals surface area contributed by atoms with Gasteiger partial charge in [0.1, 0.15) is 0 Å². The molecule has 0 fully saturated rings. The summed E-state index contributed by atoms with van der Waals surface area (Å²) in [6, 6.07) is 8.29. The average molecular weight is 328 g/mol. The van der Waals surface area contributed by atoms with Gasteiger partial charge in [-0.2, -0.15) is 0 Å². The molecule has 0 bridgehead atoms. The van der Waals surface area contributed by atoms with Crippen LogP contribution in [-0.2, 0) is 11.3 Å². The predicted molar refractivity (Wildman–Crippen MR) is 85.3 cm³/mol. The Kier molecular flexibility index (Phi) is 8.35. The van der Waals surface area contributed by atoms with E-state index >= 15 is 0 Å². The van der Waals surface area contributed by atoms with Crippen LogP contribution >= 0.6 is 15.9 Å². The van der Waals surface area contributed by atoms with E-state index in [0.717, 1.165) is 29.9 Å². The summed E-state index contributed by atoms with van der Waals surface area (Å²) in [7, 11) is 0. The highest BCUT2D eigenvalue weighted by atomic mass is 79.9. The molecule has 0 spiro atoms. The number of hydrogen-bond donors (Lipinski definition) is 1. The Bertz CT molecular complexity index is 354. The lowest BCUT2D eigenvalue weighted by atomic mass is 10.2. The number of benzene rings is 1. The summed E-state index contributed by atoms with van der Waals surface area (Å²) in [5.74, 6) is 0.727. The fourth-order valence-electron chi connectivity index (χ4n) is 1.85. The predicted octanol–water partition coefficient (Wildman–Crippen LogP) is 4.38. The van der Waals surface area contributed by atoms with E-state index < -0.39 is 0 Å². The van der Waals surface area contributed by atoms with E-state index in [9.17, 15) is 0 Å². The Morgan fingerprint density at radius 3 is 2.74 bits per heavy atom. The standard InChI is InChI=1S/C16H26BrNO/c1-13(2)11-18-9-5-6-14(3)19-12-15-7-4-8-16(17)10-15/h4,7-8,10,13-14,18H,5-6,9,11-12H2,1-3H3. The lowest BCUT2D eigenvalue weighted by Gasteiger charge is -2.14. The first-order valence-corrected chi connectivity index (χ1v) is 7.94. The van der Waals surface area contributed by atoms with E-state index in [2.05, 4.69) is 54.2 Å².